The van der Waals surface area contributed by atoms with Crippen LogP contribution in [-0.2, 0) is 13.5 Å². The molecule has 3 nitrogen and oxygen atoms in total. The molecule has 0 amide bonds. The fourth-order valence-electron chi connectivity index (χ4n) is 2.00. The minimum Gasteiger partial charge on any atom is -0.310 e. The SMILES string of the molecule is CC(NCCc1cnn(C)c1)c1cccc(Cl)c1Cl. The van der Waals surface area contributed by atoms with E-state index in [1.807, 2.05) is 36.3 Å². The van der Waals surface area contributed by atoms with E-state index in [2.05, 4.69) is 17.3 Å². The first-order valence-corrected chi connectivity index (χ1v) is 6.98. The Morgan fingerprint density at radius 3 is 2.84 bits per heavy atom. The standard InChI is InChI=1S/C14H17Cl2N3/c1-10(12-4-3-5-13(15)14(12)16)17-7-6-11-8-18-19(2)9-11/h3-5,8-10,17H,6-7H2,1-2H3. The molecule has 2 rings (SSSR count). The maximum Gasteiger partial charge on any atom is 0.0639 e. The maximum absolute atomic E-state index is 6.20. The number of aryl methyl sites for hydroxylation is 1. The highest BCUT2D eigenvalue weighted by molar-refractivity contribution is 6.42. The molecule has 1 aromatic heterocycles. The molecule has 2 aromatic rings. The summed E-state index contributed by atoms with van der Waals surface area (Å²) in [6.07, 6.45) is 4.85. The minimum absolute atomic E-state index is 0.169. The summed E-state index contributed by atoms with van der Waals surface area (Å²) >= 11 is 12.2. The lowest BCUT2D eigenvalue weighted by atomic mass is 10.1. The van der Waals surface area contributed by atoms with Gasteiger partial charge in [0, 0.05) is 19.3 Å². The van der Waals surface area contributed by atoms with Gasteiger partial charge < -0.3 is 5.32 Å². The van der Waals surface area contributed by atoms with Gasteiger partial charge in [-0.05, 0) is 37.1 Å². The number of hydrogen-bond acceptors (Lipinski definition) is 2. The van der Waals surface area contributed by atoms with Crippen LogP contribution < -0.4 is 5.32 Å². The summed E-state index contributed by atoms with van der Waals surface area (Å²) < 4.78 is 1.81. The number of nitrogens with zero attached hydrogens (tertiary/aromatic N) is 2. The van der Waals surface area contributed by atoms with E-state index in [1.165, 1.54) is 5.56 Å². The Morgan fingerprint density at radius 2 is 2.16 bits per heavy atom. The molecule has 1 aromatic carbocycles. The highest BCUT2D eigenvalue weighted by atomic mass is 35.5. The maximum atomic E-state index is 6.20. The van der Waals surface area contributed by atoms with Gasteiger partial charge in [-0.3, -0.25) is 4.68 Å². The van der Waals surface area contributed by atoms with Crippen LogP contribution in [0.25, 0.3) is 0 Å². The first kappa shape index (κ1) is 14.4. The van der Waals surface area contributed by atoms with E-state index >= 15 is 0 Å². The molecule has 0 saturated carbocycles. The van der Waals surface area contributed by atoms with Crippen molar-refractivity contribution in [3.8, 4) is 0 Å². The van der Waals surface area contributed by atoms with Gasteiger partial charge in [0.1, 0.15) is 0 Å². The van der Waals surface area contributed by atoms with Gasteiger partial charge in [0.2, 0.25) is 0 Å². The van der Waals surface area contributed by atoms with Gasteiger partial charge in [0.05, 0.1) is 16.2 Å². The van der Waals surface area contributed by atoms with Crippen molar-refractivity contribution in [3.63, 3.8) is 0 Å². The van der Waals surface area contributed by atoms with E-state index < -0.39 is 0 Å². The van der Waals surface area contributed by atoms with E-state index in [1.54, 1.807) is 6.07 Å². The van der Waals surface area contributed by atoms with E-state index in [9.17, 15) is 0 Å². The van der Waals surface area contributed by atoms with Crippen LogP contribution in [0.2, 0.25) is 10.0 Å². The van der Waals surface area contributed by atoms with Crippen molar-refractivity contribution >= 4 is 23.2 Å². The Morgan fingerprint density at radius 1 is 1.37 bits per heavy atom. The Labute approximate surface area is 123 Å². The highest BCUT2D eigenvalue weighted by Gasteiger charge is 2.11. The Balaban J connectivity index is 1.90. The van der Waals surface area contributed by atoms with E-state index in [-0.39, 0.29) is 6.04 Å². The summed E-state index contributed by atoms with van der Waals surface area (Å²) in [7, 11) is 1.92. The van der Waals surface area contributed by atoms with Crippen molar-refractivity contribution in [1.29, 1.82) is 0 Å². The van der Waals surface area contributed by atoms with Crippen molar-refractivity contribution in [1.82, 2.24) is 15.1 Å². The van der Waals surface area contributed by atoms with Crippen LogP contribution in [0.3, 0.4) is 0 Å². The van der Waals surface area contributed by atoms with Crippen LogP contribution in [0.15, 0.2) is 30.6 Å². The third kappa shape index (κ3) is 3.72. The molecule has 0 saturated heterocycles. The number of halogens is 2. The number of hydrogen-bond donors (Lipinski definition) is 1. The third-order valence-corrected chi connectivity index (χ3v) is 3.90. The van der Waals surface area contributed by atoms with Gasteiger partial charge in [0.15, 0.2) is 0 Å². The molecule has 102 valence electrons. The van der Waals surface area contributed by atoms with Gasteiger partial charge in [-0.1, -0.05) is 35.3 Å². The normalized spacial score (nSPS) is 12.6. The molecule has 0 aliphatic rings. The summed E-state index contributed by atoms with van der Waals surface area (Å²) in [6, 6.07) is 5.89. The molecule has 0 radical (unpaired) electrons. The molecule has 1 heterocycles. The molecular formula is C14H17Cl2N3. The molecule has 0 bridgehead atoms. The van der Waals surface area contributed by atoms with Crippen molar-refractivity contribution in [2.75, 3.05) is 6.54 Å². The third-order valence-electron chi connectivity index (χ3n) is 3.07. The summed E-state index contributed by atoms with van der Waals surface area (Å²) in [5.41, 5.74) is 2.25. The van der Waals surface area contributed by atoms with Crippen molar-refractivity contribution in [2.45, 2.75) is 19.4 Å². The van der Waals surface area contributed by atoms with Gasteiger partial charge in [0.25, 0.3) is 0 Å². The molecule has 1 atom stereocenters. The molecule has 0 aliphatic heterocycles. The van der Waals surface area contributed by atoms with Crippen LogP contribution >= 0.6 is 23.2 Å². The van der Waals surface area contributed by atoms with Crippen LogP contribution in [0.5, 0.6) is 0 Å². The largest absolute Gasteiger partial charge is 0.310 e. The molecular weight excluding hydrogens is 281 g/mol. The van der Waals surface area contributed by atoms with Crippen LogP contribution in [0.4, 0.5) is 0 Å². The predicted molar refractivity (Wildman–Crippen MR) is 79.8 cm³/mol. The van der Waals surface area contributed by atoms with Crippen molar-refractivity contribution < 1.29 is 0 Å². The number of nitrogens with one attached hydrogen (secondary N) is 1. The topological polar surface area (TPSA) is 29.9 Å². The molecule has 0 fully saturated rings. The first-order valence-electron chi connectivity index (χ1n) is 6.22. The molecule has 19 heavy (non-hydrogen) atoms. The van der Waals surface area contributed by atoms with Gasteiger partial charge >= 0.3 is 0 Å². The van der Waals surface area contributed by atoms with Crippen LogP contribution in [0.1, 0.15) is 24.1 Å². The molecule has 5 heteroatoms. The minimum atomic E-state index is 0.169. The average Bonchev–Trinajstić information content (AvgIpc) is 2.78. The predicted octanol–water partition coefficient (Wildman–Crippen LogP) is 3.62. The van der Waals surface area contributed by atoms with Gasteiger partial charge in [-0.25, -0.2) is 0 Å². The fourth-order valence-corrected chi connectivity index (χ4v) is 2.47. The van der Waals surface area contributed by atoms with Gasteiger partial charge in [-0.15, -0.1) is 0 Å². The summed E-state index contributed by atoms with van der Waals surface area (Å²) in [5, 5.41) is 8.82. The molecule has 1 unspecified atom stereocenters. The smallest absolute Gasteiger partial charge is 0.0639 e. The van der Waals surface area contributed by atoms with Crippen molar-refractivity contribution in [3.05, 3.63) is 51.8 Å². The summed E-state index contributed by atoms with van der Waals surface area (Å²) in [4.78, 5) is 0. The lowest BCUT2D eigenvalue weighted by Crippen LogP contribution is -2.21. The first-order chi connectivity index (χ1) is 9.08. The molecule has 1 N–H and O–H groups in total. The van der Waals surface area contributed by atoms with Gasteiger partial charge in [-0.2, -0.15) is 5.10 Å². The Bertz CT molecular complexity index is 551. The lowest BCUT2D eigenvalue weighted by molar-refractivity contribution is 0.577. The second-order valence-electron chi connectivity index (χ2n) is 4.59. The fraction of sp³-hybridized carbons (Fsp3) is 0.357. The number of rotatable bonds is 5. The summed E-state index contributed by atoms with van der Waals surface area (Å²) in [5.74, 6) is 0. The molecule has 0 spiro atoms. The van der Waals surface area contributed by atoms with Crippen LogP contribution in [-0.4, -0.2) is 16.3 Å². The summed E-state index contributed by atoms with van der Waals surface area (Å²) in [6.45, 7) is 2.95. The van der Waals surface area contributed by atoms with Crippen molar-refractivity contribution in [2.24, 2.45) is 7.05 Å². The number of aromatic nitrogens is 2. The zero-order valence-electron chi connectivity index (χ0n) is 11.0. The Hall–Kier alpha value is -1.03. The molecule has 0 aliphatic carbocycles. The highest BCUT2D eigenvalue weighted by Crippen LogP contribution is 2.29. The van der Waals surface area contributed by atoms with E-state index in [4.69, 9.17) is 23.2 Å². The lowest BCUT2D eigenvalue weighted by Gasteiger charge is -2.16. The Kier molecular flexibility index (Phi) is 4.86. The second kappa shape index (κ2) is 6.42. The van der Waals surface area contributed by atoms with E-state index in [0.717, 1.165) is 18.5 Å². The average molecular weight is 298 g/mol. The zero-order chi connectivity index (χ0) is 13.8. The monoisotopic (exact) mass is 297 g/mol. The number of benzene rings is 1. The van der Waals surface area contributed by atoms with Crippen LogP contribution in [0, 0.1) is 0 Å². The quantitative estimate of drug-likeness (QED) is 0.913. The van der Waals surface area contributed by atoms with E-state index in [0.29, 0.717) is 10.0 Å². The second-order valence-corrected chi connectivity index (χ2v) is 5.38. The zero-order valence-corrected chi connectivity index (χ0v) is 12.5.